The fourth-order valence-electron chi connectivity index (χ4n) is 2.40. The molecule has 0 aliphatic rings. The summed E-state index contributed by atoms with van der Waals surface area (Å²) in [4.78, 5) is 0. The summed E-state index contributed by atoms with van der Waals surface area (Å²) in [7, 11) is 0. The number of aryl methyl sites for hydroxylation is 1. The number of halogens is 2. The standard InChI is InChI=1S/C17H18F2O2/c1-12-2-4-14(5-3-12)17(10-20,11-21)9-13-8-15(18)6-7-16(13)19/h2-8,20-21H,9-11H2,1H3. The second-order valence-corrected chi connectivity index (χ2v) is 5.38. The van der Waals surface area contributed by atoms with E-state index in [0.29, 0.717) is 5.56 Å². The van der Waals surface area contributed by atoms with Gasteiger partial charge in [0.25, 0.3) is 0 Å². The number of rotatable bonds is 5. The molecule has 112 valence electrons. The van der Waals surface area contributed by atoms with E-state index in [4.69, 9.17) is 0 Å². The lowest BCUT2D eigenvalue weighted by Crippen LogP contribution is -2.37. The molecule has 0 fully saturated rings. The first-order valence-electron chi connectivity index (χ1n) is 6.73. The fraction of sp³-hybridized carbons (Fsp3) is 0.294. The lowest BCUT2D eigenvalue weighted by Gasteiger charge is -2.31. The molecule has 0 spiro atoms. The van der Waals surface area contributed by atoms with Gasteiger partial charge in [-0.1, -0.05) is 29.8 Å². The van der Waals surface area contributed by atoms with Crippen molar-refractivity contribution in [3.8, 4) is 0 Å². The highest BCUT2D eigenvalue weighted by Crippen LogP contribution is 2.29. The second kappa shape index (κ2) is 6.33. The minimum Gasteiger partial charge on any atom is -0.395 e. The minimum absolute atomic E-state index is 0.0205. The zero-order valence-electron chi connectivity index (χ0n) is 11.8. The topological polar surface area (TPSA) is 40.5 Å². The van der Waals surface area contributed by atoms with Gasteiger partial charge in [-0.05, 0) is 42.7 Å². The summed E-state index contributed by atoms with van der Waals surface area (Å²) in [5, 5.41) is 19.5. The van der Waals surface area contributed by atoms with Crippen molar-refractivity contribution in [3.63, 3.8) is 0 Å². The fourth-order valence-corrected chi connectivity index (χ4v) is 2.40. The van der Waals surface area contributed by atoms with Gasteiger partial charge in [0.05, 0.1) is 13.2 Å². The van der Waals surface area contributed by atoms with Crippen LogP contribution in [-0.2, 0) is 11.8 Å². The number of hydrogen-bond acceptors (Lipinski definition) is 2. The Morgan fingerprint density at radius 2 is 1.57 bits per heavy atom. The molecule has 2 rings (SSSR count). The maximum atomic E-state index is 13.8. The van der Waals surface area contributed by atoms with Crippen molar-refractivity contribution in [2.75, 3.05) is 13.2 Å². The zero-order chi connectivity index (χ0) is 15.5. The lowest BCUT2D eigenvalue weighted by molar-refractivity contribution is 0.115. The Morgan fingerprint density at radius 3 is 2.14 bits per heavy atom. The molecule has 2 aromatic carbocycles. The third kappa shape index (κ3) is 3.28. The van der Waals surface area contributed by atoms with Crippen LogP contribution in [0.5, 0.6) is 0 Å². The van der Waals surface area contributed by atoms with Crippen LogP contribution in [0.4, 0.5) is 8.78 Å². The quantitative estimate of drug-likeness (QED) is 0.889. The maximum absolute atomic E-state index is 13.8. The van der Waals surface area contributed by atoms with Crippen LogP contribution in [0.15, 0.2) is 42.5 Å². The average Bonchev–Trinajstić information content (AvgIpc) is 2.49. The van der Waals surface area contributed by atoms with Gasteiger partial charge in [-0.15, -0.1) is 0 Å². The van der Waals surface area contributed by atoms with Crippen LogP contribution in [0.3, 0.4) is 0 Å². The van der Waals surface area contributed by atoms with Crippen LogP contribution in [0, 0.1) is 18.6 Å². The molecule has 0 saturated heterocycles. The van der Waals surface area contributed by atoms with E-state index in [0.717, 1.165) is 23.8 Å². The van der Waals surface area contributed by atoms with Gasteiger partial charge >= 0.3 is 0 Å². The first-order chi connectivity index (χ1) is 10.0. The summed E-state index contributed by atoms with van der Waals surface area (Å²) < 4.78 is 27.1. The molecule has 0 bridgehead atoms. The molecule has 2 N–H and O–H groups in total. The predicted octanol–water partition coefficient (Wildman–Crippen LogP) is 2.74. The molecule has 0 aliphatic carbocycles. The number of benzene rings is 2. The Balaban J connectivity index is 2.42. The summed E-state index contributed by atoms with van der Waals surface area (Å²) in [6.45, 7) is 1.21. The van der Waals surface area contributed by atoms with Gasteiger partial charge in [-0.25, -0.2) is 8.78 Å². The molecule has 0 atom stereocenters. The van der Waals surface area contributed by atoms with E-state index >= 15 is 0 Å². The molecule has 0 heterocycles. The summed E-state index contributed by atoms with van der Waals surface area (Å²) in [5.41, 5.74) is 0.836. The van der Waals surface area contributed by atoms with Crippen molar-refractivity contribution in [1.82, 2.24) is 0 Å². The summed E-state index contributed by atoms with van der Waals surface area (Å²) in [5.74, 6) is -1.09. The van der Waals surface area contributed by atoms with Gasteiger partial charge in [-0.2, -0.15) is 0 Å². The van der Waals surface area contributed by atoms with E-state index in [9.17, 15) is 19.0 Å². The zero-order valence-corrected chi connectivity index (χ0v) is 11.8. The Morgan fingerprint density at radius 1 is 0.952 bits per heavy atom. The normalized spacial score (nSPS) is 11.7. The third-order valence-corrected chi connectivity index (χ3v) is 3.81. The highest BCUT2D eigenvalue weighted by molar-refractivity contribution is 5.33. The monoisotopic (exact) mass is 292 g/mol. The van der Waals surface area contributed by atoms with Crippen LogP contribution in [0.25, 0.3) is 0 Å². The molecular weight excluding hydrogens is 274 g/mol. The molecule has 4 heteroatoms. The molecule has 21 heavy (non-hydrogen) atoms. The van der Waals surface area contributed by atoms with Crippen LogP contribution in [0.1, 0.15) is 16.7 Å². The maximum Gasteiger partial charge on any atom is 0.126 e. The van der Waals surface area contributed by atoms with Crippen LogP contribution < -0.4 is 0 Å². The molecule has 0 aliphatic heterocycles. The van der Waals surface area contributed by atoms with E-state index < -0.39 is 17.0 Å². The summed E-state index contributed by atoms with van der Waals surface area (Å²) in [6.07, 6.45) is 0.0205. The highest BCUT2D eigenvalue weighted by Gasteiger charge is 2.32. The highest BCUT2D eigenvalue weighted by atomic mass is 19.1. The Labute approximate surface area is 122 Å². The molecule has 0 saturated carbocycles. The van der Waals surface area contributed by atoms with E-state index in [1.165, 1.54) is 0 Å². The first kappa shape index (κ1) is 15.6. The molecule has 2 aromatic rings. The smallest absolute Gasteiger partial charge is 0.126 e. The summed E-state index contributed by atoms with van der Waals surface area (Å²) >= 11 is 0. The largest absolute Gasteiger partial charge is 0.395 e. The number of aliphatic hydroxyl groups is 2. The van der Waals surface area contributed by atoms with Crippen LogP contribution in [-0.4, -0.2) is 23.4 Å². The van der Waals surface area contributed by atoms with Crippen molar-refractivity contribution in [2.45, 2.75) is 18.8 Å². The van der Waals surface area contributed by atoms with E-state index in [-0.39, 0.29) is 25.2 Å². The van der Waals surface area contributed by atoms with Crippen molar-refractivity contribution in [3.05, 3.63) is 70.8 Å². The van der Waals surface area contributed by atoms with Gasteiger partial charge in [0, 0.05) is 5.41 Å². The van der Waals surface area contributed by atoms with E-state index in [1.807, 2.05) is 19.1 Å². The number of aliphatic hydroxyl groups excluding tert-OH is 2. The van der Waals surface area contributed by atoms with Crippen molar-refractivity contribution in [2.24, 2.45) is 0 Å². The third-order valence-electron chi connectivity index (χ3n) is 3.81. The second-order valence-electron chi connectivity index (χ2n) is 5.38. The van der Waals surface area contributed by atoms with E-state index in [2.05, 4.69) is 0 Å². The van der Waals surface area contributed by atoms with Crippen LogP contribution >= 0.6 is 0 Å². The molecular formula is C17H18F2O2. The molecule has 2 nitrogen and oxygen atoms in total. The van der Waals surface area contributed by atoms with E-state index in [1.54, 1.807) is 12.1 Å². The molecule has 0 amide bonds. The molecule has 0 radical (unpaired) electrons. The number of hydrogen-bond donors (Lipinski definition) is 2. The van der Waals surface area contributed by atoms with Gasteiger partial charge in [-0.3, -0.25) is 0 Å². The molecule has 0 unspecified atom stereocenters. The van der Waals surface area contributed by atoms with Gasteiger partial charge in [0.1, 0.15) is 11.6 Å². The average molecular weight is 292 g/mol. The Hall–Kier alpha value is -1.78. The SMILES string of the molecule is Cc1ccc(C(CO)(CO)Cc2cc(F)ccc2F)cc1. The van der Waals surface area contributed by atoms with Crippen molar-refractivity contribution < 1.29 is 19.0 Å². The first-order valence-corrected chi connectivity index (χ1v) is 6.73. The van der Waals surface area contributed by atoms with Crippen molar-refractivity contribution >= 4 is 0 Å². The Bertz CT molecular complexity index is 605. The van der Waals surface area contributed by atoms with Gasteiger partial charge < -0.3 is 10.2 Å². The van der Waals surface area contributed by atoms with Crippen molar-refractivity contribution in [1.29, 1.82) is 0 Å². The predicted molar refractivity (Wildman–Crippen MR) is 77.1 cm³/mol. The summed E-state index contributed by atoms with van der Waals surface area (Å²) in [6, 6.07) is 10.5. The Kier molecular flexibility index (Phi) is 4.70. The molecule has 0 aromatic heterocycles. The van der Waals surface area contributed by atoms with Gasteiger partial charge in [0.15, 0.2) is 0 Å². The lowest BCUT2D eigenvalue weighted by atomic mass is 9.76. The van der Waals surface area contributed by atoms with Crippen LogP contribution in [0.2, 0.25) is 0 Å². The minimum atomic E-state index is -1.04. The van der Waals surface area contributed by atoms with Gasteiger partial charge in [0.2, 0.25) is 0 Å².